The summed E-state index contributed by atoms with van der Waals surface area (Å²) >= 11 is 0. The molecule has 4 nitrogen and oxygen atoms in total. The van der Waals surface area contributed by atoms with Gasteiger partial charge >= 0.3 is 5.97 Å². The SMILES string of the molecule is C=CCCCCCC[C@H](NC(=O)CC(C)C)C(=O)OC. The Morgan fingerprint density at radius 3 is 2.40 bits per heavy atom. The van der Waals surface area contributed by atoms with Crippen molar-refractivity contribution < 1.29 is 14.3 Å². The van der Waals surface area contributed by atoms with Crippen molar-refractivity contribution in [1.29, 1.82) is 0 Å². The molecule has 0 aromatic heterocycles. The van der Waals surface area contributed by atoms with Gasteiger partial charge in [-0.25, -0.2) is 4.79 Å². The lowest BCUT2D eigenvalue weighted by Crippen LogP contribution is -2.41. The largest absolute Gasteiger partial charge is 0.467 e. The van der Waals surface area contributed by atoms with Crippen molar-refractivity contribution in [2.75, 3.05) is 7.11 Å². The smallest absolute Gasteiger partial charge is 0.328 e. The van der Waals surface area contributed by atoms with Crippen LogP contribution in [0.25, 0.3) is 0 Å². The Balaban J connectivity index is 4.06. The predicted molar refractivity (Wildman–Crippen MR) is 81.3 cm³/mol. The second-order valence-electron chi connectivity index (χ2n) is 5.52. The van der Waals surface area contributed by atoms with E-state index in [0.29, 0.717) is 12.8 Å². The monoisotopic (exact) mass is 283 g/mol. The quantitative estimate of drug-likeness (QED) is 0.360. The molecule has 0 aliphatic heterocycles. The van der Waals surface area contributed by atoms with E-state index in [2.05, 4.69) is 11.9 Å². The van der Waals surface area contributed by atoms with Crippen molar-refractivity contribution in [3.63, 3.8) is 0 Å². The van der Waals surface area contributed by atoms with Crippen LogP contribution in [0, 0.1) is 5.92 Å². The molecule has 0 bridgehead atoms. The molecule has 0 spiro atoms. The predicted octanol–water partition coefficient (Wildman–Crippen LogP) is 3.22. The minimum absolute atomic E-state index is 0.0814. The lowest BCUT2D eigenvalue weighted by Gasteiger charge is -2.17. The number of hydrogen-bond donors (Lipinski definition) is 1. The highest BCUT2D eigenvalue weighted by atomic mass is 16.5. The number of nitrogens with one attached hydrogen (secondary N) is 1. The van der Waals surface area contributed by atoms with Gasteiger partial charge in [-0.2, -0.15) is 0 Å². The van der Waals surface area contributed by atoms with Crippen molar-refractivity contribution in [2.45, 2.75) is 64.8 Å². The highest BCUT2D eigenvalue weighted by Gasteiger charge is 2.21. The van der Waals surface area contributed by atoms with Crippen LogP contribution >= 0.6 is 0 Å². The molecule has 0 aliphatic carbocycles. The molecule has 4 heteroatoms. The molecule has 0 radical (unpaired) electrons. The fourth-order valence-electron chi connectivity index (χ4n) is 2.01. The molecule has 20 heavy (non-hydrogen) atoms. The van der Waals surface area contributed by atoms with E-state index in [0.717, 1.165) is 32.1 Å². The van der Waals surface area contributed by atoms with Crippen LogP contribution in [0.5, 0.6) is 0 Å². The van der Waals surface area contributed by atoms with Gasteiger partial charge in [-0.1, -0.05) is 39.2 Å². The Kier molecular flexibility index (Phi) is 10.7. The van der Waals surface area contributed by atoms with Crippen LogP contribution in [-0.4, -0.2) is 25.0 Å². The number of amides is 1. The molecule has 1 amide bonds. The van der Waals surface area contributed by atoms with Crippen LogP contribution in [0.1, 0.15) is 58.8 Å². The number of hydrogen-bond acceptors (Lipinski definition) is 3. The lowest BCUT2D eigenvalue weighted by molar-refractivity contribution is -0.145. The summed E-state index contributed by atoms with van der Waals surface area (Å²) in [4.78, 5) is 23.4. The van der Waals surface area contributed by atoms with Gasteiger partial charge in [0, 0.05) is 6.42 Å². The van der Waals surface area contributed by atoms with E-state index in [4.69, 9.17) is 4.74 Å². The van der Waals surface area contributed by atoms with E-state index < -0.39 is 6.04 Å². The summed E-state index contributed by atoms with van der Waals surface area (Å²) in [7, 11) is 1.36. The molecular weight excluding hydrogens is 254 g/mol. The maximum Gasteiger partial charge on any atom is 0.328 e. The maximum absolute atomic E-state index is 11.7. The molecular formula is C16H29NO3. The Morgan fingerprint density at radius 1 is 1.20 bits per heavy atom. The highest BCUT2D eigenvalue weighted by molar-refractivity contribution is 5.84. The topological polar surface area (TPSA) is 55.4 Å². The van der Waals surface area contributed by atoms with Crippen LogP contribution in [0.15, 0.2) is 12.7 Å². The van der Waals surface area contributed by atoms with E-state index in [9.17, 15) is 9.59 Å². The van der Waals surface area contributed by atoms with Crippen molar-refractivity contribution in [1.82, 2.24) is 5.32 Å². The third-order valence-electron chi connectivity index (χ3n) is 3.07. The summed E-state index contributed by atoms with van der Waals surface area (Å²) in [6.45, 7) is 7.65. The van der Waals surface area contributed by atoms with E-state index >= 15 is 0 Å². The molecule has 0 saturated carbocycles. The number of carbonyl (C=O) groups excluding carboxylic acids is 2. The molecule has 0 unspecified atom stereocenters. The number of rotatable bonds is 11. The molecule has 0 aromatic carbocycles. The van der Waals surface area contributed by atoms with E-state index in [-0.39, 0.29) is 17.8 Å². The highest BCUT2D eigenvalue weighted by Crippen LogP contribution is 2.09. The molecule has 1 N–H and O–H groups in total. The minimum atomic E-state index is -0.509. The van der Waals surface area contributed by atoms with Gasteiger partial charge < -0.3 is 10.1 Å². The van der Waals surface area contributed by atoms with Crippen LogP contribution in [0.2, 0.25) is 0 Å². The summed E-state index contributed by atoms with van der Waals surface area (Å²) in [6.07, 6.45) is 8.26. The fraction of sp³-hybridized carbons (Fsp3) is 0.750. The number of ether oxygens (including phenoxy) is 1. The van der Waals surface area contributed by atoms with Crippen molar-refractivity contribution in [3.05, 3.63) is 12.7 Å². The zero-order chi connectivity index (χ0) is 15.4. The van der Waals surface area contributed by atoms with Crippen LogP contribution in [0.3, 0.4) is 0 Å². The number of carbonyl (C=O) groups is 2. The normalized spacial score (nSPS) is 12.0. The number of methoxy groups -OCH3 is 1. The summed E-state index contributed by atoms with van der Waals surface area (Å²) in [6, 6.07) is -0.509. The summed E-state index contributed by atoms with van der Waals surface area (Å²) < 4.78 is 4.75. The van der Waals surface area contributed by atoms with Gasteiger partial charge in [0.2, 0.25) is 5.91 Å². The summed E-state index contributed by atoms with van der Waals surface area (Å²) in [5.74, 6) is -0.151. The van der Waals surface area contributed by atoms with Crippen molar-refractivity contribution in [2.24, 2.45) is 5.92 Å². The summed E-state index contributed by atoms with van der Waals surface area (Å²) in [5, 5.41) is 2.77. The molecule has 0 aromatic rings. The Hall–Kier alpha value is -1.32. The molecule has 0 rings (SSSR count). The lowest BCUT2D eigenvalue weighted by atomic mass is 10.1. The number of allylic oxidation sites excluding steroid dienone is 1. The second kappa shape index (κ2) is 11.5. The van der Waals surface area contributed by atoms with Crippen molar-refractivity contribution >= 4 is 11.9 Å². The third kappa shape index (κ3) is 9.59. The fourth-order valence-corrected chi connectivity index (χ4v) is 2.01. The maximum atomic E-state index is 11.7. The third-order valence-corrected chi connectivity index (χ3v) is 3.07. The average Bonchev–Trinajstić information content (AvgIpc) is 2.39. The Bertz CT molecular complexity index is 300. The molecule has 0 heterocycles. The van der Waals surface area contributed by atoms with E-state index in [1.54, 1.807) is 0 Å². The number of esters is 1. The van der Waals surface area contributed by atoms with Crippen molar-refractivity contribution in [3.8, 4) is 0 Å². The Morgan fingerprint density at radius 2 is 1.85 bits per heavy atom. The van der Waals surface area contributed by atoms with Gasteiger partial charge in [0.05, 0.1) is 7.11 Å². The second-order valence-corrected chi connectivity index (χ2v) is 5.52. The van der Waals surface area contributed by atoms with Crippen LogP contribution in [0.4, 0.5) is 0 Å². The van der Waals surface area contributed by atoms with Gasteiger partial charge in [0.1, 0.15) is 6.04 Å². The molecule has 116 valence electrons. The zero-order valence-corrected chi connectivity index (χ0v) is 13.1. The van der Waals surface area contributed by atoms with Gasteiger partial charge in [0.25, 0.3) is 0 Å². The molecule has 0 aliphatic rings. The molecule has 0 saturated heterocycles. The van der Waals surface area contributed by atoms with Gasteiger partial charge in [-0.05, 0) is 25.2 Å². The van der Waals surface area contributed by atoms with Gasteiger partial charge in [-0.3, -0.25) is 4.79 Å². The van der Waals surface area contributed by atoms with Gasteiger partial charge in [-0.15, -0.1) is 6.58 Å². The summed E-state index contributed by atoms with van der Waals surface area (Å²) in [5.41, 5.74) is 0. The average molecular weight is 283 g/mol. The van der Waals surface area contributed by atoms with Crippen LogP contribution < -0.4 is 5.32 Å². The van der Waals surface area contributed by atoms with Gasteiger partial charge in [0.15, 0.2) is 0 Å². The first-order chi connectivity index (χ1) is 9.51. The van der Waals surface area contributed by atoms with Crippen LogP contribution in [-0.2, 0) is 14.3 Å². The number of unbranched alkanes of at least 4 members (excludes halogenated alkanes) is 4. The first kappa shape index (κ1) is 18.7. The standard InChI is InChI=1S/C16H29NO3/c1-5-6-7-8-9-10-11-14(16(19)20-4)17-15(18)12-13(2)3/h5,13-14H,1,6-12H2,2-4H3,(H,17,18)/t14-/m0/s1. The zero-order valence-electron chi connectivity index (χ0n) is 13.1. The van der Waals surface area contributed by atoms with E-state index in [1.165, 1.54) is 7.11 Å². The first-order valence-electron chi connectivity index (χ1n) is 7.49. The minimum Gasteiger partial charge on any atom is -0.467 e. The van der Waals surface area contributed by atoms with E-state index in [1.807, 2.05) is 19.9 Å². The first-order valence-corrected chi connectivity index (χ1v) is 7.49. The molecule has 0 fully saturated rings. The molecule has 1 atom stereocenters. The Labute approximate surface area is 123 Å².